The number of ether oxygens (including phenoxy) is 1. The van der Waals surface area contributed by atoms with Crippen molar-refractivity contribution in [2.45, 2.75) is 38.2 Å². The van der Waals surface area contributed by atoms with Crippen LogP contribution in [0.15, 0.2) is 0 Å². The molecule has 0 radical (unpaired) electrons. The van der Waals surface area contributed by atoms with Gasteiger partial charge in [-0.15, -0.1) is 0 Å². The fourth-order valence-electron chi connectivity index (χ4n) is 2.07. The standard InChI is InChI=1S/C12H20F4N2O2/c1-2-18-5-3-4-9(6-18)17-10(19)7-20-8-12(15,16)11(13)14/h9,11H,2-8H2,1H3,(H,17,19)/t9-/m0/s1. The smallest absolute Gasteiger partial charge is 0.330 e. The van der Waals surface area contributed by atoms with Crippen LogP contribution in [0.2, 0.25) is 0 Å². The molecule has 0 aliphatic carbocycles. The summed E-state index contributed by atoms with van der Waals surface area (Å²) < 4.78 is 53.2. The minimum absolute atomic E-state index is 0.0459. The van der Waals surface area contributed by atoms with E-state index in [2.05, 4.69) is 15.0 Å². The number of likely N-dealkylation sites (N-methyl/N-ethyl adjacent to an activating group) is 1. The first-order valence-corrected chi connectivity index (χ1v) is 6.60. The Morgan fingerprint density at radius 3 is 2.80 bits per heavy atom. The highest BCUT2D eigenvalue weighted by Gasteiger charge is 2.41. The zero-order chi connectivity index (χ0) is 15.2. The lowest BCUT2D eigenvalue weighted by Gasteiger charge is -2.32. The number of hydrogen-bond acceptors (Lipinski definition) is 3. The molecule has 20 heavy (non-hydrogen) atoms. The number of nitrogens with one attached hydrogen (secondary N) is 1. The normalized spacial score (nSPS) is 21.2. The lowest BCUT2D eigenvalue weighted by atomic mass is 10.1. The summed E-state index contributed by atoms with van der Waals surface area (Å²) in [6, 6.07) is -0.0459. The predicted molar refractivity (Wildman–Crippen MR) is 65.0 cm³/mol. The van der Waals surface area contributed by atoms with Gasteiger partial charge in [-0.25, -0.2) is 8.78 Å². The van der Waals surface area contributed by atoms with Gasteiger partial charge in [-0.05, 0) is 25.9 Å². The van der Waals surface area contributed by atoms with Crippen LogP contribution in [0.5, 0.6) is 0 Å². The summed E-state index contributed by atoms with van der Waals surface area (Å²) >= 11 is 0. The number of halogens is 4. The molecule has 0 saturated carbocycles. The van der Waals surface area contributed by atoms with Gasteiger partial charge in [-0.3, -0.25) is 4.79 Å². The number of nitrogens with zero attached hydrogens (tertiary/aromatic N) is 1. The minimum atomic E-state index is -4.22. The van der Waals surface area contributed by atoms with E-state index in [1.165, 1.54) is 0 Å². The second-order valence-corrected chi connectivity index (χ2v) is 4.85. The Kier molecular flexibility index (Phi) is 6.67. The molecular formula is C12H20F4N2O2. The third-order valence-electron chi connectivity index (χ3n) is 3.16. The topological polar surface area (TPSA) is 41.6 Å². The van der Waals surface area contributed by atoms with Gasteiger partial charge >= 0.3 is 12.3 Å². The van der Waals surface area contributed by atoms with Gasteiger partial charge in [0.2, 0.25) is 5.91 Å². The van der Waals surface area contributed by atoms with E-state index >= 15 is 0 Å². The van der Waals surface area contributed by atoms with Gasteiger partial charge < -0.3 is 15.0 Å². The first kappa shape index (κ1) is 17.2. The Balaban J connectivity index is 2.23. The van der Waals surface area contributed by atoms with Crippen molar-refractivity contribution in [2.75, 3.05) is 32.8 Å². The summed E-state index contributed by atoms with van der Waals surface area (Å²) in [6.07, 6.45) is -2.03. The van der Waals surface area contributed by atoms with Crippen molar-refractivity contribution in [3.05, 3.63) is 0 Å². The highest BCUT2D eigenvalue weighted by Crippen LogP contribution is 2.22. The van der Waals surface area contributed by atoms with Crippen molar-refractivity contribution in [2.24, 2.45) is 0 Å². The van der Waals surface area contributed by atoms with Crippen molar-refractivity contribution in [3.63, 3.8) is 0 Å². The molecule has 0 aromatic heterocycles. The van der Waals surface area contributed by atoms with Crippen LogP contribution in [0.4, 0.5) is 17.6 Å². The van der Waals surface area contributed by atoms with Crippen molar-refractivity contribution in [1.29, 1.82) is 0 Å². The number of amides is 1. The summed E-state index contributed by atoms with van der Waals surface area (Å²) in [5, 5.41) is 2.66. The zero-order valence-corrected chi connectivity index (χ0v) is 11.4. The molecule has 4 nitrogen and oxygen atoms in total. The summed E-state index contributed by atoms with van der Waals surface area (Å²) in [5.41, 5.74) is 0. The maximum atomic E-state index is 12.5. The molecule has 1 N–H and O–H groups in total. The summed E-state index contributed by atoms with van der Waals surface area (Å²) in [7, 11) is 0. The third kappa shape index (κ3) is 5.62. The van der Waals surface area contributed by atoms with Gasteiger partial charge in [0.15, 0.2) is 0 Å². The molecule has 0 aromatic rings. The lowest BCUT2D eigenvalue weighted by molar-refractivity contribution is -0.168. The van der Waals surface area contributed by atoms with Crippen LogP contribution in [-0.2, 0) is 9.53 Å². The SMILES string of the molecule is CCN1CCC[C@H](NC(=O)COCC(F)(F)C(F)F)C1. The van der Waals surface area contributed by atoms with E-state index in [9.17, 15) is 22.4 Å². The largest absolute Gasteiger partial charge is 0.365 e. The van der Waals surface area contributed by atoms with E-state index in [4.69, 9.17) is 0 Å². The molecule has 1 saturated heterocycles. The predicted octanol–water partition coefficient (Wildman–Crippen LogP) is 1.50. The molecule has 1 heterocycles. The van der Waals surface area contributed by atoms with Crippen molar-refractivity contribution >= 4 is 5.91 Å². The van der Waals surface area contributed by atoms with Crippen LogP contribution < -0.4 is 5.32 Å². The van der Waals surface area contributed by atoms with E-state index in [-0.39, 0.29) is 6.04 Å². The van der Waals surface area contributed by atoms with Crippen LogP contribution in [0.3, 0.4) is 0 Å². The molecule has 1 rings (SSSR count). The number of likely N-dealkylation sites (tertiary alicyclic amines) is 1. The summed E-state index contributed by atoms with van der Waals surface area (Å²) in [5.74, 6) is -4.78. The monoisotopic (exact) mass is 300 g/mol. The van der Waals surface area contributed by atoms with Gasteiger partial charge in [0.1, 0.15) is 13.2 Å². The molecule has 118 valence electrons. The van der Waals surface area contributed by atoms with E-state index in [1.54, 1.807) is 0 Å². The van der Waals surface area contributed by atoms with Gasteiger partial charge in [-0.2, -0.15) is 8.78 Å². The Labute approximate surface area is 115 Å². The van der Waals surface area contributed by atoms with Crippen LogP contribution in [0, 0.1) is 0 Å². The Hall–Kier alpha value is -0.890. The maximum Gasteiger partial charge on any atom is 0.330 e. The quantitative estimate of drug-likeness (QED) is 0.725. The molecular weight excluding hydrogens is 280 g/mol. The first-order chi connectivity index (χ1) is 9.35. The van der Waals surface area contributed by atoms with Crippen LogP contribution in [0.1, 0.15) is 19.8 Å². The number of alkyl halides is 4. The van der Waals surface area contributed by atoms with E-state index in [0.717, 1.165) is 25.9 Å². The first-order valence-electron chi connectivity index (χ1n) is 6.60. The van der Waals surface area contributed by atoms with Crippen LogP contribution in [0.25, 0.3) is 0 Å². The van der Waals surface area contributed by atoms with E-state index < -0.39 is 31.5 Å². The average Bonchev–Trinajstić information content (AvgIpc) is 2.38. The lowest BCUT2D eigenvalue weighted by Crippen LogP contribution is -2.48. The van der Waals surface area contributed by atoms with Crippen molar-refractivity contribution < 1.29 is 27.1 Å². The number of rotatable bonds is 7. The molecule has 1 aliphatic heterocycles. The van der Waals surface area contributed by atoms with Crippen LogP contribution >= 0.6 is 0 Å². The summed E-state index contributed by atoms with van der Waals surface area (Å²) in [4.78, 5) is 13.6. The molecule has 8 heteroatoms. The minimum Gasteiger partial charge on any atom is -0.365 e. The Bertz CT molecular complexity index is 316. The highest BCUT2D eigenvalue weighted by molar-refractivity contribution is 5.77. The van der Waals surface area contributed by atoms with E-state index in [0.29, 0.717) is 6.54 Å². The molecule has 1 fully saturated rings. The van der Waals surface area contributed by atoms with Crippen molar-refractivity contribution in [3.8, 4) is 0 Å². The Morgan fingerprint density at radius 1 is 1.50 bits per heavy atom. The average molecular weight is 300 g/mol. The zero-order valence-electron chi connectivity index (χ0n) is 11.4. The molecule has 0 spiro atoms. The summed E-state index contributed by atoms with van der Waals surface area (Å²) in [6.45, 7) is 2.48. The van der Waals surface area contributed by atoms with Crippen molar-refractivity contribution in [1.82, 2.24) is 10.2 Å². The molecule has 0 aromatic carbocycles. The van der Waals surface area contributed by atoms with Crippen LogP contribution in [-0.4, -0.2) is 62.0 Å². The van der Waals surface area contributed by atoms with Gasteiger partial charge in [0.25, 0.3) is 0 Å². The number of piperidine rings is 1. The number of hydrogen-bond donors (Lipinski definition) is 1. The van der Waals surface area contributed by atoms with Gasteiger partial charge in [0.05, 0.1) is 0 Å². The Morgan fingerprint density at radius 2 is 2.20 bits per heavy atom. The maximum absolute atomic E-state index is 12.5. The van der Waals surface area contributed by atoms with Gasteiger partial charge in [0, 0.05) is 12.6 Å². The second-order valence-electron chi connectivity index (χ2n) is 4.85. The number of carbonyl (C=O) groups is 1. The van der Waals surface area contributed by atoms with E-state index in [1.807, 2.05) is 6.92 Å². The number of carbonyl (C=O) groups excluding carboxylic acids is 1. The molecule has 1 atom stereocenters. The molecule has 1 aliphatic rings. The fraction of sp³-hybridized carbons (Fsp3) is 0.917. The fourth-order valence-corrected chi connectivity index (χ4v) is 2.07. The highest BCUT2D eigenvalue weighted by atomic mass is 19.3. The van der Waals surface area contributed by atoms with Gasteiger partial charge in [-0.1, -0.05) is 6.92 Å². The molecule has 0 unspecified atom stereocenters. The molecule has 0 bridgehead atoms. The second kappa shape index (κ2) is 7.78. The third-order valence-corrected chi connectivity index (χ3v) is 3.16. The molecule has 1 amide bonds.